The van der Waals surface area contributed by atoms with Crippen LogP contribution in [0, 0.1) is 0 Å². The first-order valence-electron chi connectivity index (χ1n) is 6.35. The molecule has 0 spiro atoms. The summed E-state index contributed by atoms with van der Waals surface area (Å²) in [5, 5.41) is 2.84. The molecule has 2 fully saturated rings. The number of hydrogen-bond donors (Lipinski definition) is 1. The molecule has 2 rings (SSSR count). The van der Waals surface area contributed by atoms with E-state index < -0.39 is 10.0 Å². The third-order valence-electron chi connectivity index (χ3n) is 3.82. The second-order valence-electron chi connectivity index (χ2n) is 4.88. The lowest BCUT2D eigenvalue weighted by Crippen LogP contribution is -2.45. The molecule has 7 heteroatoms. The summed E-state index contributed by atoms with van der Waals surface area (Å²) in [4.78, 5) is 0. The molecule has 0 saturated carbocycles. The summed E-state index contributed by atoms with van der Waals surface area (Å²) in [6.07, 6.45) is 1.32. The van der Waals surface area contributed by atoms with Crippen molar-refractivity contribution in [2.45, 2.75) is 30.3 Å². The van der Waals surface area contributed by atoms with Crippen molar-refractivity contribution in [3.05, 3.63) is 0 Å². The van der Waals surface area contributed by atoms with Crippen LogP contribution in [0.5, 0.6) is 0 Å². The van der Waals surface area contributed by atoms with Crippen molar-refractivity contribution in [2.75, 3.05) is 40.4 Å². The average Bonchev–Trinajstić information content (AvgIpc) is 2.83. The Labute approximate surface area is 109 Å². The smallest absolute Gasteiger partial charge is 0.218 e. The Kier molecular flexibility index (Phi) is 4.60. The van der Waals surface area contributed by atoms with Crippen LogP contribution in [0.25, 0.3) is 0 Å². The van der Waals surface area contributed by atoms with Crippen LogP contribution in [0.2, 0.25) is 0 Å². The second kappa shape index (κ2) is 5.83. The fourth-order valence-corrected chi connectivity index (χ4v) is 4.58. The SMILES string of the molecule is COC1CN(S(=O)(=O)C2CCCNC2)CC1OC. The zero-order chi connectivity index (χ0) is 13.2. The zero-order valence-electron chi connectivity index (χ0n) is 11.0. The van der Waals surface area contributed by atoms with E-state index in [-0.39, 0.29) is 17.5 Å². The van der Waals surface area contributed by atoms with E-state index in [1.54, 1.807) is 14.2 Å². The summed E-state index contributed by atoms with van der Waals surface area (Å²) >= 11 is 0. The molecule has 0 aromatic heterocycles. The molecule has 0 aromatic rings. The number of rotatable bonds is 4. The quantitative estimate of drug-likeness (QED) is 0.745. The first kappa shape index (κ1) is 14.2. The topological polar surface area (TPSA) is 67.9 Å². The molecule has 18 heavy (non-hydrogen) atoms. The minimum Gasteiger partial charge on any atom is -0.377 e. The molecule has 1 N–H and O–H groups in total. The summed E-state index contributed by atoms with van der Waals surface area (Å²) in [7, 11) is -0.0525. The van der Waals surface area contributed by atoms with Gasteiger partial charge in [-0.1, -0.05) is 0 Å². The van der Waals surface area contributed by atoms with Crippen LogP contribution in [0.4, 0.5) is 0 Å². The maximum atomic E-state index is 12.5. The lowest BCUT2D eigenvalue weighted by atomic mass is 10.2. The fourth-order valence-electron chi connectivity index (χ4n) is 2.66. The van der Waals surface area contributed by atoms with E-state index in [1.165, 1.54) is 4.31 Å². The molecular formula is C11H22N2O4S. The lowest BCUT2D eigenvalue weighted by molar-refractivity contribution is -0.00461. The summed E-state index contributed by atoms with van der Waals surface area (Å²) in [6.45, 7) is 2.25. The van der Waals surface area contributed by atoms with Crippen LogP contribution in [-0.4, -0.2) is 70.6 Å². The van der Waals surface area contributed by atoms with Gasteiger partial charge < -0.3 is 14.8 Å². The number of sulfonamides is 1. The molecule has 3 atom stereocenters. The molecule has 2 aliphatic rings. The Bertz CT molecular complexity index is 355. The molecule has 2 heterocycles. The molecular weight excluding hydrogens is 256 g/mol. The Hall–Kier alpha value is -0.210. The molecule has 0 aromatic carbocycles. The monoisotopic (exact) mass is 278 g/mol. The number of hydrogen-bond acceptors (Lipinski definition) is 5. The van der Waals surface area contributed by atoms with Gasteiger partial charge in [0, 0.05) is 33.9 Å². The minimum absolute atomic E-state index is 0.165. The van der Waals surface area contributed by atoms with E-state index in [2.05, 4.69) is 5.32 Å². The van der Waals surface area contributed by atoms with Gasteiger partial charge in [-0.3, -0.25) is 0 Å². The van der Waals surface area contributed by atoms with Gasteiger partial charge in [0.2, 0.25) is 10.0 Å². The molecule has 2 saturated heterocycles. The van der Waals surface area contributed by atoms with E-state index in [0.29, 0.717) is 19.6 Å². The van der Waals surface area contributed by atoms with Gasteiger partial charge in [0.15, 0.2) is 0 Å². The van der Waals surface area contributed by atoms with Crippen molar-refractivity contribution in [3.8, 4) is 0 Å². The van der Waals surface area contributed by atoms with Crippen molar-refractivity contribution in [3.63, 3.8) is 0 Å². The van der Waals surface area contributed by atoms with Crippen molar-refractivity contribution in [1.29, 1.82) is 0 Å². The predicted molar refractivity (Wildman–Crippen MR) is 68.0 cm³/mol. The van der Waals surface area contributed by atoms with Crippen molar-refractivity contribution >= 4 is 10.0 Å². The van der Waals surface area contributed by atoms with Gasteiger partial charge in [-0.2, -0.15) is 4.31 Å². The second-order valence-corrected chi connectivity index (χ2v) is 7.09. The molecule has 0 aliphatic carbocycles. The van der Waals surface area contributed by atoms with Crippen molar-refractivity contribution < 1.29 is 17.9 Å². The van der Waals surface area contributed by atoms with Gasteiger partial charge in [0.1, 0.15) is 0 Å². The molecule has 0 bridgehead atoms. The summed E-state index contributed by atoms with van der Waals surface area (Å²) in [6, 6.07) is 0. The number of nitrogens with one attached hydrogen (secondary N) is 1. The lowest BCUT2D eigenvalue weighted by Gasteiger charge is -2.27. The highest BCUT2D eigenvalue weighted by Gasteiger charge is 2.42. The summed E-state index contributed by atoms with van der Waals surface area (Å²) in [5.41, 5.74) is 0. The molecule has 2 aliphatic heterocycles. The average molecular weight is 278 g/mol. The van der Waals surface area contributed by atoms with Gasteiger partial charge in [0.05, 0.1) is 17.5 Å². The molecule has 6 nitrogen and oxygen atoms in total. The summed E-state index contributed by atoms with van der Waals surface area (Å²) in [5.74, 6) is 0. The van der Waals surface area contributed by atoms with Gasteiger partial charge in [-0.25, -0.2) is 8.42 Å². The normalized spacial score (nSPS) is 34.9. The van der Waals surface area contributed by atoms with E-state index in [4.69, 9.17) is 9.47 Å². The van der Waals surface area contributed by atoms with Gasteiger partial charge in [0.25, 0.3) is 0 Å². The predicted octanol–water partition coefficient (Wildman–Crippen LogP) is -0.586. The van der Waals surface area contributed by atoms with Crippen LogP contribution in [0.3, 0.4) is 0 Å². The first-order chi connectivity index (χ1) is 8.59. The Balaban J connectivity index is 2.06. The first-order valence-corrected chi connectivity index (χ1v) is 7.85. The maximum Gasteiger partial charge on any atom is 0.218 e. The Morgan fingerprint density at radius 2 is 1.78 bits per heavy atom. The van der Waals surface area contributed by atoms with E-state index in [1.807, 2.05) is 0 Å². The molecule has 0 amide bonds. The largest absolute Gasteiger partial charge is 0.377 e. The molecule has 3 unspecified atom stereocenters. The Morgan fingerprint density at radius 1 is 1.17 bits per heavy atom. The van der Waals surface area contributed by atoms with Crippen LogP contribution in [0.1, 0.15) is 12.8 Å². The number of nitrogens with zero attached hydrogens (tertiary/aromatic N) is 1. The van der Waals surface area contributed by atoms with Gasteiger partial charge >= 0.3 is 0 Å². The van der Waals surface area contributed by atoms with E-state index in [9.17, 15) is 8.42 Å². The highest BCUT2D eigenvalue weighted by Crippen LogP contribution is 2.23. The molecule has 0 radical (unpaired) electrons. The van der Waals surface area contributed by atoms with Crippen molar-refractivity contribution in [2.24, 2.45) is 0 Å². The van der Waals surface area contributed by atoms with Gasteiger partial charge in [-0.15, -0.1) is 0 Å². The van der Waals surface area contributed by atoms with E-state index in [0.717, 1.165) is 19.4 Å². The van der Waals surface area contributed by atoms with Crippen LogP contribution >= 0.6 is 0 Å². The standard InChI is InChI=1S/C11H22N2O4S/c1-16-10-7-13(8-11(10)17-2)18(14,15)9-4-3-5-12-6-9/h9-12H,3-8H2,1-2H3. The van der Waals surface area contributed by atoms with Crippen LogP contribution in [0.15, 0.2) is 0 Å². The summed E-state index contributed by atoms with van der Waals surface area (Å²) < 4.78 is 37.1. The van der Waals surface area contributed by atoms with Crippen molar-refractivity contribution in [1.82, 2.24) is 9.62 Å². The highest BCUT2D eigenvalue weighted by atomic mass is 32.2. The fraction of sp³-hybridized carbons (Fsp3) is 1.00. The highest BCUT2D eigenvalue weighted by molar-refractivity contribution is 7.89. The zero-order valence-corrected chi connectivity index (χ0v) is 11.8. The minimum atomic E-state index is -3.24. The number of piperidine rings is 1. The maximum absolute atomic E-state index is 12.5. The molecule has 106 valence electrons. The number of methoxy groups -OCH3 is 2. The van der Waals surface area contributed by atoms with E-state index >= 15 is 0 Å². The van der Waals surface area contributed by atoms with Crippen LogP contribution < -0.4 is 5.32 Å². The Morgan fingerprint density at radius 3 is 2.22 bits per heavy atom. The third kappa shape index (κ3) is 2.70. The van der Waals surface area contributed by atoms with Crippen LogP contribution in [-0.2, 0) is 19.5 Å². The third-order valence-corrected chi connectivity index (χ3v) is 6.08. The number of ether oxygens (including phenoxy) is 2. The van der Waals surface area contributed by atoms with Gasteiger partial charge in [-0.05, 0) is 19.4 Å².